The maximum absolute atomic E-state index is 9.25. The van der Waals surface area contributed by atoms with E-state index in [1.807, 2.05) is 19.2 Å². The first-order valence-electron chi connectivity index (χ1n) is 6.44. The molecule has 2 rings (SSSR count). The zero-order chi connectivity index (χ0) is 13.8. The Morgan fingerprint density at radius 3 is 2.53 bits per heavy atom. The molecule has 1 aromatic heterocycles. The Bertz CT molecular complexity index is 520. The third-order valence-corrected chi connectivity index (χ3v) is 3.02. The van der Waals surface area contributed by atoms with E-state index in [1.165, 1.54) is 5.56 Å². The lowest BCUT2D eigenvalue weighted by Crippen LogP contribution is -2.31. The van der Waals surface area contributed by atoms with Crippen molar-refractivity contribution in [1.82, 2.24) is 20.1 Å². The molecule has 1 heterocycles. The summed E-state index contributed by atoms with van der Waals surface area (Å²) in [6, 6.07) is 7.74. The molecule has 2 aromatic rings. The first-order chi connectivity index (χ1) is 9.04. The molecule has 5 heteroatoms. The van der Waals surface area contributed by atoms with Crippen molar-refractivity contribution in [3.8, 4) is 5.75 Å². The number of nitrogens with one attached hydrogen (secondary N) is 1. The van der Waals surface area contributed by atoms with Gasteiger partial charge in [0.15, 0.2) is 5.82 Å². The van der Waals surface area contributed by atoms with Crippen LogP contribution < -0.4 is 5.32 Å². The monoisotopic (exact) mass is 260 g/mol. The molecule has 0 bridgehead atoms. The van der Waals surface area contributed by atoms with E-state index < -0.39 is 0 Å². The van der Waals surface area contributed by atoms with E-state index in [9.17, 15) is 5.11 Å². The molecule has 0 radical (unpaired) electrons. The Hall–Kier alpha value is -1.88. The molecular formula is C14H20N4O. The molecule has 0 aliphatic heterocycles. The van der Waals surface area contributed by atoms with Gasteiger partial charge in [-0.15, -0.1) is 0 Å². The normalized spacial score (nSPS) is 14.3. The summed E-state index contributed by atoms with van der Waals surface area (Å²) in [7, 11) is 1.86. The molecule has 0 aliphatic rings. The van der Waals surface area contributed by atoms with Crippen LogP contribution in [0.15, 0.2) is 30.6 Å². The van der Waals surface area contributed by atoms with Crippen molar-refractivity contribution in [2.24, 2.45) is 7.05 Å². The van der Waals surface area contributed by atoms with E-state index in [1.54, 1.807) is 23.1 Å². The summed E-state index contributed by atoms with van der Waals surface area (Å²) in [6.45, 7) is 4.19. The summed E-state index contributed by atoms with van der Waals surface area (Å²) >= 11 is 0. The van der Waals surface area contributed by atoms with Crippen molar-refractivity contribution >= 4 is 0 Å². The lowest BCUT2D eigenvalue weighted by molar-refractivity contribution is 0.458. The van der Waals surface area contributed by atoms with Crippen LogP contribution in [-0.4, -0.2) is 25.9 Å². The summed E-state index contributed by atoms with van der Waals surface area (Å²) in [5.74, 6) is 1.11. The number of hydrogen-bond acceptors (Lipinski definition) is 4. The molecule has 19 heavy (non-hydrogen) atoms. The van der Waals surface area contributed by atoms with Crippen molar-refractivity contribution in [1.29, 1.82) is 0 Å². The first kappa shape index (κ1) is 13.5. The van der Waals surface area contributed by atoms with Crippen molar-refractivity contribution in [2.45, 2.75) is 32.4 Å². The van der Waals surface area contributed by atoms with Gasteiger partial charge in [0.25, 0.3) is 0 Å². The van der Waals surface area contributed by atoms with E-state index in [0.29, 0.717) is 11.8 Å². The summed E-state index contributed by atoms with van der Waals surface area (Å²) in [6.07, 6.45) is 2.61. The van der Waals surface area contributed by atoms with Gasteiger partial charge in [-0.1, -0.05) is 12.1 Å². The third kappa shape index (κ3) is 3.79. The molecule has 102 valence electrons. The number of aryl methyl sites for hydroxylation is 1. The molecule has 0 aliphatic carbocycles. The van der Waals surface area contributed by atoms with Gasteiger partial charge in [-0.2, -0.15) is 5.10 Å². The summed E-state index contributed by atoms with van der Waals surface area (Å²) in [5, 5.41) is 17.0. The molecule has 2 unspecified atom stereocenters. The van der Waals surface area contributed by atoms with Gasteiger partial charge in [0.05, 0.1) is 6.04 Å². The maximum atomic E-state index is 9.25. The van der Waals surface area contributed by atoms with E-state index in [4.69, 9.17) is 0 Å². The molecule has 0 saturated carbocycles. The fourth-order valence-electron chi connectivity index (χ4n) is 2.10. The quantitative estimate of drug-likeness (QED) is 0.860. The SMILES string of the molecule is CC(Cc1ccc(O)cc1)NC(C)c1ncn(C)n1. The Morgan fingerprint density at radius 1 is 1.26 bits per heavy atom. The van der Waals surface area contributed by atoms with Crippen LogP contribution in [0.1, 0.15) is 31.3 Å². The minimum absolute atomic E-state index is 0.119. The van der Waals surface area contributed by atoms with Crippen molar-refractivity contribution in [3.63, 3.8) is 0 Å². The second kappa shape index (κ2) is 5.84. The van der Waals surface area contributed by atoms with Crippen LogP contribution in [0.25, 0.3) is 0 Å². The molecular weight excluding hydrogens is 240 g/mol. The molecule has 2 atom stereocenters. The molecule has 2 N–H and O–H groups in total. The molecule has 0 amide bonds. The fraction of sp³-hybridized carbons (Fsp3) is 0.429. The van der Waals surface area contributed by atoms with E-state index in [2.05, 4.69) is 29.2 Å². The van der Waals surface area contributed by atoms with Gasteiger partial charge in [0.2, 0.25) is 0 Å². The summed E-state index contributed by atoms with van der Waals surface area (Å²) in [5.41, 5.74) is 1.19. The predicted octanol–water partition coefficient (Wildman–Crippen LogP) is 1.80. The second-order valence-electron chi connectivity index (χ2n) is 4.94. The van der Waals surface area contributed by atoms with Crippen LogP contribution in [0.2, 0.25) is 0 Å². The number of phenols is 1. The van der Waals surface area contributed by atoms with Crippen molar-refractivity contribution in [2.75, 3.05) is 0 Å². The number of aromatic hydroxyl groups is 1. The molecule has 0 spiro atoms. The van der Waals surface area contributed by atoms with Gasteiger partial charge in [0, 0.05) is 13.1 Å². The highest BCUT2D eigenvalue weighted by molar-refractivity contribution is 5.26. The standard InChI is InChI=1S/C14H20N4O/c1-10(8-12-4-6-13(19)7-5-12)16-11(2)14-15-9-18(3)17-14/h4-7,9-11,16,19H,8H2,1-3H3. The molecule has 0 fully saturated rings. The topological polar surface area (TPSA) is 63.0 Å². The Kier molecular flexibility index (Phi) is 4.16. The number of aromatic nitrogens is 3. The number of nitrogens with zero attached hydrogens (tertiary/aromatic N) is 3. The van der Waals surface area contributed by atoms with Crippen molar-refractivity contribution < 1.29 is 5.11 Å². The largest absolute Gasteiger partial charge is 0.508 e. The molecule has 0 saturated heterocycles. The third-order valence-electron chi connectivity index (χ3n) is 3.02. The Labute approximate surface area is 113 Å². The highest BCUT2D eigenvalue weighted by Gasteiger charge is 2.13. The summed E-state index contributed by atoms with van der Waals surface area (Å²) < 4.78 is 1.71. The number of phenolic OH excluding ortho intramolecular Hbond substituents is 1. The Morgan fingerprint density at radius 2 is 1.95 bits per heavy atom. The lowest BCUT2D eigenvalue weighted by atomic mass is 10.1. The van der Waals surface area contributed by atoms with Crippen LogP contribution in [0, 0.1) is 0 Å². The van der Waals surface area contributed by atoms with Crippen LogP contribution in [0.4, 0.5) is 0 Å². The number of hydrogen-bond donors (Lipinski definition) is 2. The maximum Gasteiger partial charge on any atom is 0.167 e. The van der Waals surface area contributed by atoms with Gasteiger partial charge in [-0.05, 0) is 38.0 Å². The van der Waals surface area contributed by atoms with E-state index in [0.717, 1.165) is 12.2 Å². The minimum Gasteiger partial charge on any atom is -0.508 e. The molecule has 5 nitrogen and oxygen atoms in total. The van der Waals surface area contributed by atoms with Crippen molar-refractivity contribution in [3.05, 3.63) is 42.0 Å². The molecule has 1 aromatic carbocycles. The smallest absolute Gasteiger partial charge is 0.167 e. The van der Waals surface area contributed by atoms with Crippen LogP contribution >= 0.6 is 0 Å². The number of rotatable bonds is 5. The zero-order valence-corrected chi connectivity index (χ0v) is 11.5. The highest BCUT2D eigenvalue weighted by atomic mass is 16.3. The predicted molar refractivity (Wildman–Crippen MR) is 73.8 cm³/mol. The van der Waals surface area contributed by atoms with E-state index >= 15 is 0 Å². The minimum atomic E-state index is 0.119. The zero-order valence-electron chi connectivity index (χ0n) is 11.5. The van der Waals surface area contributed by atoms with Crippen LogP contribution in [0.5, 0.6) is 5.75 Å². The first-order valence-corrected chi connectivity index (χ1v) is 6.44. The second-order valence-corrected chi connectivity index (χ2v) is 4.94. The van der Waals surface area contributed by atoms with Gasteiger partial charge >= 0.3 is 0 Å². The lowest BCUT2D eigenvalue weighted by Gasteiger charge is -2.18. The van der Waals surface area contributed by atoms with Gasteiger partial charge in [-0.25, -0.2) is 4.98 Å². The van der Waals surface area contributed by atoms with Gasteiger partial charge in [-0.3, -0.25) is 4.68 Å². The fourth-order valence-corrected chi connectivity index (χ4v) is 2.10. The van der Waals surface area contributed by atoms with Gasteiger partial charge in [0.1, 0.15) is 12.1 Å². The summed E-state index contributed by atoms with van der Waals surface area (Å²) in [4.78, 5) is 4.24. The van der Waals surface area contributed by atoms with E-state index in [-0.39, 0.29) is 6.04 Å². The average Bonchev–Trinajstić information content (AvgIpc) is 2.79. The van der Waals surface area contributed by atoms with Gasteiger partial charge < -0.3 is 10.4 Å². The van der Waals surface area contributed by atoms with Crippen LogP contribution in [-0.2, 0) is 13.5 Å². The number of benzene rings is 1. The Balaban J connectivity index is 1.90. The highest BCUT2D eigenvalue weighted by Crippen LogP contribution is 2.13. The average molecular weight is 260 g/mol. The van der Waals surface area contributed by atoms with Crippen LogP contribution in [0.3, 0.4) is 0 Å².